The highest BCUT2D eigenvalue weighted by Crippen LogP contribution is 2.19. The van der Waals surface area contributed by atoms with Crippen LogP contribution in [0.3, 0.4) is 0 Å². The fourth-order valence-corrected chi connectivity index (χ4v) is 1.67. The molecule has 2 atom stereocenters. The lowest BCUT2D eigenvalue weighted by atomic mass is 9.97. The molecule has 0 radical (unpaired) electrons. The molecular formula is C14H19BrO3. The number of rotatable bonds is 6. The number of halogens is 1. The molecule has 0 amide bonds. The summed E-state index contributed by atoms with van der Waals surface area (Å²) in [6.07, 6.45) is 0. The van der Waals surface area contributed by atoms with Crippen LogP contribution in [0.4, 0.5) is 0 Å². The van der Waals surface area contributed by atoms with Crippen LogP contribution in [0.15, 0.2) is 28.7 Å². The Balaban J connectivity index is 2.42. The number of esters is 1. The predicted molar refractivity (Wildman–Crippen MR) is 74.6 cm³/mol. The standard InChI is InChI=1S/C14H19BrO3/c1-4-17-14(16)11(3)10(2)9-18-13-7-5-12(15)6-8-13/h5-8,10-11H,4,9H2,1-3H3. The predicted octanol–water partition coefficient (Wildman–Crippen LogP) is 3.66. The number of carbonyl (C=O) groups excluding carboxylic acids is 1. The summed E-state index contributed by atoms with van der Waals surface area (Å²) in [4.78, 5) is 11.6. The number of ether oxygens (including phenoxy) is 2. The second kappa shape index (κ2) is 7.41. The fourth-order valence-electron chi connectivity index (χ4n) is 1.41. The molecule has 0 saturated carbocycles. The van der Waals surface area contributed by atoms with Gasteiger partial charge in [0.1, 0.15) is 5.75 Å². The molecule has 4 heteroatoms. The molecular weight excluding hydrogens is 296 g/mol. The van der Waals surface area contributed by atoms with Gasteiger partial charge in [-0.1, -0.05) is 29.8 Å². The quantitative estimate of drug-likeness (QED) is 0.752. The van der Waals surface area contributed by atoms with Gasteiger partial charge < -0.3 is 9.47 Å². The minimum Gasteiger partial charge on any atom is -0.493 e. The first-order chi connectivity index (χ1) is 8.54. The Bertz CT molecular complexity index is 375. The van der Waals surface area contributed by atoms with E-state index in [1.54, 1.807) is 0 Å². The van der Waals surface area contributed by atoms with Crippen LogP contribution >= 0.6 is 15.9 Å². The van der Waals surface area contributed by atoms with E-state index in [2.05, 4.69) is 15.9 Å². The molecule has 1 aromatic carbocycles. The molecule has 1 rings (SSSR count). The van der Waals surface area contributed by atoms with Gasteiger partial charge in [0.2, 0.25) is 0 Å². The first kappa shape index (κ1) is 15.0. The van der Waals surface area contributed by atoms with Gasteiger partial charge in [0, 0.05) is 10.4 Å². The van der Waals surface area contributed by atoms with E-state index in [0.717, 1.165) is 10.2 Å². The highest BCUT2D eigenvalue weighted by Gasteiger charge is 2.21. The number of carbonyl (C=O) groups is 1. The monoisotopic (exact) mass is 314 g/mol. The van der Waals surface area contributed by atoms with E-state index in [1.807, 2.05) is 45.0 Å². The highest BCUT2D eigenvalue weighted by atomic mass is 79.9. The fraction of sp³-hybridized carbons (Fsp3) is 0.500. The van der Waals surface area contributed by atoms with Gasteiger partial charge in [-0.25, -0.2) is 0 Å². The zero-order valence-corrected chi connectivity index (χ0v) is 12.6. The van der Waals surface area contributed by atoms with Crippen LogP contribution in [-0.2, 0) is 9.53 Å². The van der Waals surface area contributed by atoms with E-state index in [4.69, 9.17) is 9.47 Å². The van der Waals surface area contributed by atoms with Crippen molar-refractivity contribution < 1.29 is 14.3 Å². The topological polar surface area (TPSA) is 35.5 Å². The van der Waals surface area contributed by atoms with Crippen molar-refractivity contribution in [3.63, 3.8) is 0 Å². The Labute approximate surface area is 117 Å². The van der Waals surface area contributed by atoms with Crippen molar-refractivity contribution in [3.05, 3.63) is 28.7 Å². The molecule has 0 aliphatic carbocycles. The lowest BCUT2D eigenvalue weighted by molar-refractivity contribution is -0.149. The summed E-state index contributed by atoms with van der Waals surface area (Å²) in [5, 5.41) is 0. The zero-order valence-electron chi connectivity index (χ0n) is 11.0. The first-order valence-corrected chi connectivity index (χ1v) is 6.89. The molecule has 0 spiro atoms. The maximum atomic E-state index is 11.6. The van der Waals surface area contributed by atoms with Crippen LogP contribution in [0, 0.1) is 11.8 Å². The van der Waals surface area contributed by atoms with Crippen molar-refractivity contribution in [2.24, 2.45) is 11.8 Å². The van der Waals surface area contributed by atoms with Crippen molar-refractivity contribution in [2.75, 3.05) is 13.2 Å². The zero-order chi connectivity index (χ0) is 13.5. The molecule has 1 aromatic rings. The van der Waals surface area contributed by atoms with Crippen LogP contribution in [0.5, 0.6) is 5.75 Å². The lowest BCUT2D eigenvalue weighted by Crippen LogP contribution is -2.25. The summed E-state index contributed by atoms with van der Waals surface area (Å²) in [5.41, 5.74) is 0. The summed E-state index contributed by atoms with van der Waals surface area (Å²) < 4.78 is 11.7. The number of hydrogen-bond donors (Lipinski definition) is 0. The molecule has 0 bridgehead atoms. The molecule has 18 heavy (non-hydrogen) atoms. The van der Waals surface area contributed by atoms with Gasteiger partial charge in [0.05, 0.1) is 19.1 Å². The molecule has 0 saturated heterocycles. The summed E-state index contributed by atoms with van der Waals surface area (Å²) in [6, 6.07) is 7.64. The van der Waals surface area contributed by atoms with Crippen molar-refractivity contribution in [2.45, 2.75) is 20.8 Å². The Morgan fingerprint density at radius 2 is 1.89 bits per heavy atom. The Morgan fingerprint density at radius 1 is 1.28 bits per heavy atom. The number of benzene rings is 1. The normalized spacial score (nSPS) is 13.8. The average Bonchev–Trinajstić information content (AvgIpc) is 2.37. The van der Waals surface area contributed by atoms with Crippen LogP contribution in [-0.4, -0.2) is 19.2 Å². The van der Waals surface area contributed by atoms with E-state index in [-0.39, 0.29) is 17.8 Å². The third-order valence-corrected chi connectivity index (χ3v) is 3.37. The van der Waals surface area contributed by atoms with Gasteiger partial charge in [-0.15, -0.1) is 0 Å². The van der Waals surface area contributed by atoms with Crippen molar-refractivity contribution in [3.8, 4) is 5.75 Å². The highest BCUT2D eigenvalue weighted by molar-refractivity contribution is 9.10. The van der Waals surface area contributed by atoms with Crippen molar-refractivity contribution in [1.82, 2.24) is 0 Å². The maximum Gasteiger partial charge on any atom is 0.309 e. The van der Waals surface area contributed by atoms with Crippen molar-refractivity contribution in [1.29, 1.82) is 0 Å². The molecule has 2 unspecified atom stereocenters. The van der Waals surface area contributed by atoms with Gasteiger partial charge >= 0.3 is 5.97 Å². The molecule has 0 heterocycles. The van der Waals surface area contributed by atoms with Crippen LogP contribution in [0.2, 0.25) is 0 Å². The molecule has 0 aliphatic rings. The van der Waals surface area contributed by atoms with E-state index in [9.17, 15) is 4.79 Å². The molecule has 3 nitrogen and oxygen atoms in total. The third kappa shape index (κ3) is 4.69. The molecule has 0 aliphatic heterocycles. The first-order valence-electron chi connectivity index (χ1n) is 6.09. The smallest absolute Gasteiger partial charge is 0.309 e. The summed E-state index contributed by atoms with van der Waals surface area (Å²) in [7, 11) is 0. The minimum absolute atomic E-state index is 0.118. The van der Waals surface area contributed by atoms with Gasteiger partial charge in [0.15, 0.2) is 0 Å². The largest absolute Gasteiger partial charge is 0.493 e. The number of hydrogen-bond acceptors (Lipinski definition) is 3. The molecule has 0 fully saturated rings. The summed E-state index contributed by atoms with van der Waals surface area (Å²) in [5.74, 6) is 0.610. The molecule has 0 N–H and O–H groups in total. The Morgan fingerprint density at radius 3 is 2.44 bits per heavy atom. The lowest BCUT2D eigenvalue weighted by Gasteiger charge is -2.18. The van der Waals surface area contributed by atoms with Crippen LogP contribution in [0.25, 0.3) is 0 Å². The van der Waals surface area contributed by atoms with E-state index in [0.29, 0.717) is 13.2 Å². The second-order valence-electron chi connectivity index (χ2n) is 4.28. The van der Waals surface area contributed by atoms with E-state index < -0.39 is 0 Å². The van der Waals surface area contributed by atoms with Gasteiger partial charge in [-0.3, -0.25) is 4.79 Å². The van der Waals surface area contributed by atoms with E-state index >= 15 is 0 Å². The Hall–Kier alpha value is -1.03. The summed E-state index contributed by atoms with van der Waals surface area (Å²) in [6.45, 7) is 6.59. The Kier molecular flexibility index (Phi) is 6.19. The maximum absolute atomic E-state index is 11.6. The second-order valence-corrected chi connectivity index (χ2v) is 5.20. The van der Waals surface area contributed by atoms with Crippen LogP contribution in [0.1, 0.15) is 20.8 Å². The SMILES string of the molecule is CCOC(=O)C(C)C(C)COc1ccc(Br)cc1. The van der Waals surface area contributed by atoms with Gasteiger partial charge in [-0.05, 0) is 31.2 Å². The molecule has 100 valence electrons. The van der Waals surface area contributed by atoms with Crippen LogP contribution < -0.4 is 4.74 Å². The van der Waals surface area contributed by atoms with E-state index in [1.165, 1.54) is 0 Å². The summed E-state index contributed by atoms with van der Waals surface area (Å²) >= 11 is 3.37. The molecule has 0 aromatic heterocycles. The van der Waals surface area contributed by atoms with Crippen molar-refractivity contribution >= 4 is 21.9 Å². The minimum atomic E-state index is -0.163. The third-order valence-electron chi connectivity index (χ3n) is 2.84. The average molecular weight is 315 g/mol. The van der Waals surface area contributed by atoms with Gasteiger partial charge in [-0.2, -0.15) is 0 Å². The van der Waals surface area contributed by atoms with Gasteiger partial charge in [0.25, 0.3) is 0 Å².